The molecule has 18 heavy (non-hydrogen) atoms. The Balaban J connectivity index is 1.77. The molecule has 1 heterocycles. The standard InChI is InChI=1S/C13H20N4O/c1-10(7-8-11-5-3-2-4-6-11)12-9-18-13(15-12)16-17-14/h2-6,10,12-13,15H,7-9H2,1H3,(H2,14,16). The van der Waals surface area contributed by atoms with Gasteiger partial charge in [0.05, 0.1) is 6.61 Å². The van der Waals surface area contributed by atoms with Crippen LogP contribution in [0.4, 0.5) is 0 Å². The van der Waals surface area contributed by atoms with Gasteiger partial charge in [-0.15, -0.1) is 5.11 Å². The molecule has 3 N–H and O–H groups in total. The van der Waals surface area contributed by atoms with E-state index in [1.165, 1.54) is 5.56 Å². The summed E-state index contributed by atoms with van der Waals surface area (Å²) in [5, 5.41) is 10.3. The summed E-state index contributed by atoms with van der Waals surface area (Å²) in [5.74, 6) is 5.53. The maximum Gasteiger partial charge on any atom is 0.226 e. The first kappa shape index (κ1) is 13.0. The van der Waals surface area contributed by atoms with Crippen molar-refractivity contribution in [3.05, 3.63) is 35.9 Å². The van der Waals surface area contributed by atoms with Crippen LogP contribution in [0.2, 0.25) is 0 Å². The minimum atomic E-state index is -0.376. The molecule has 98 valence electrons. The number of hydrogen-bond acceptors (Lipinski definition) is 4. The van der Waals surface area contributed by atoms with E-state index in [1.807, 2.05) is 6.07 Å². The average Bonchev–Trinajstić information content (AvgIpc) is 2.86. The molecule has 5 heteroatoms. The molecule has 0 aliphatic carbocycles. The number of nitrogens with one attached hydrogen (secondary N) is 1. The lowest BCUT2D eigenvalue weighted by Gasteiger charge is -2.18. The van der Waals surface area contributed by atoms with E-state index >= 15 is 0 Å². The zero-order valence-corrected chi connectivity index (χ0v) is 10.6. The van der Waals surface area contributed by atoms with Crippen LogP contribution in [0.15, 0.2) is 40.7 Å². The second kappa shape index (κ2) is 6.47. The number of nitrogens with two attached hydrogens (primary N) is 1. The largest absolute Gasteiger partial charge is 0.341 e. The van der Waals surface area contributed by atoms with Gasteiger partial charge in [0, 0.05) is 6.04 Å². The van der Waals surface area contributed by atoms with Crippen LogP contribution >= 0.6 is 0 Å². The van der Waals surface area contributed by atoms with Crippen molar-refractivity contribution in [2.45, 2.75) is 32.2 Å². The number of rotatable bonds is 5. The SMILES string of the molecule is CC(CCc1ccccc1)C1COC(N=NN)N1. The van der Waals surface area contributed by atoms with Crippen molar-refractivity contribution in [3.63, 3.8) is 0 Å². The van der Waals surface area contributed by atoms with Gasteiger partial charge in [-0.3, -0.25) is 5.32 Å². The van der Waals surface area contributed by atoms with E-state index in [2.05, 4.69) is 46.8 Å². The Morgan fingerprint density at radius 1 is 1.44 bits per heavy atom. The fraction of sp³-hybridized carbons (Fsp3) is 0.538. The summed E-state index contributed by atoms with van der Waals surface area (Å²) in [4.78, 5) is 0. The molecular weight excluding hydrogens is 228 g/mol. The van der Waals surface area contributed by atoms with Gasteiger partial charge in [-0.25, -0.2) is 0 Å². The van der Waals surface area contributed by atoms with Crippen molar-refractivity contribution >= 4 is 0 Å². The topological polar surface area (TPSA) is 72.0 Å². The Hall–Kier alpha value is -1.46. The molecule has 3 unspecified atom stereocenters. The molecule has 0 amide bonds. The molecule has 0 saturated carbocycles. The highest BCUT2D eigenvalue weighted by Gasteiger charge is 2.28. The number of aryl methyl sites for hydroxylation is 1. The quantitative estimate of drug-likeness (QED) is 0.474. The van der Waals surface area contributed by atoms with Crippen molar-refractivity contribution in [2.24, 2.45) is 22.1 Å². The molecule has 1 aromatic carbocycles. The van der Waals surface area contributed by atoms with Crippen LogP contribution in [0.25, 0.3) is 0 Å². The molecule has 3 atom stereocenters. The first-order valence-electron chi connectivity index (χ1n) is 6.31. The fourth-order valence-corrected chi connectivity index (χ4v) is 2.17. The van der Waals surface area contributed by atoms with E-state index in [-0.39, 0.29) is 6.35 Å². The summed E-state index contributed by atoms with van der Waals surface area (Å²) in [6, 6.07) is 10.8. The van der Waals surface area contributed by atoms with Crippen LogP contribution in [-0.4, -0.2) is 19.0 Å². The minimum Gasteiger partial charge on any atom is -0.341 e. The third-order valence-corrected chi connectivity index (χ3v) is 3.38. The van der Waals surface area contributed by atoms with E-state index in [4.69, 9.17) is 10.6 Å². The molecule has 0 radical (unpaired) electrons. The van der Waals surface area contributed by atoms with Crippen LogP contribution in [0, 0.1) is 5.92 Å². The summed E-state index contributed by atoms with van der Waals surface area (Å²) >= 11 is 0. The first-order valence-corrected chi connectivity index (χ1v) is 6.31. The zero-order valence-electron chi connectivity index (χ0n) is 10.6. The molecule has 2 rings (SSSR count). The highest BCUT2D eigenvalue weighted by Crippen LogP contribution is 2.18. The Bertz CT molecular complexity index is 382. The van der Waals surface area contributed by atoms with Gasteiger partial charge < -0.3 is 10.6 Å². The van der Waals surface area contributed by atoms with Gasteiger partial charge in [-0.2, -0.15) is 0 Å². The minimum absolute atomic E-state index is 0.323. The predicted octanol–water partition coefficient (Wildman–Crippen LogP) is 1.85. The summed E-state index contributed by atoms with van der Waals surface area (Å²) in [6.07, 6.45) is 1.83. The van der Waals surface area contributed by atoms with Crippen LogP contribution in [0.3, 0.4) is 0 Å². The third-order valence-electron chi connectivity index (χ3n) is 3.38. The van der Waals surface area contributed by atoms with Crippen LogP contribution in [-0.2, 0) is 11.2 Å². The molecule has 5 nitrogen and oxygen atoms in total. The van der Waals surface area contributed by atoms with Gasteiger partial charge in [0.2, 0.25) is 6.35 Å². The van der Waals surface area contributed by atoms with Gasteiger partial charge >= 0.3 is 0 Å². The van der Waals surface area contributed by atoms with Gasteiger partial charge in [-0.1, -0.05) is 42.5 Å². The second-order valence-electron chi connectivity index (χ2n) is 4.69. The second-order valence-corrected chi connectivity index (χ2v) is 4.69. The Labute approximate surface area is 107 Å². The maximum atomic E-state index is 5.43. The Kier molecular flexibility index (Phi) is 4.66. The Morgan fingerprint density at radius 2 is 2.22 bits per heavy atom. The predicted molar refractivity (Wildman–Crippen MR) is 69.6 cm³/mol. The molecule has 1 aliphatic rings. The van der Waals surface area contributed by atoms with Crippen molar-refractivity contribution in [3.8, 4) is 0 Å². The number of ether oxygens (including phenoxy) is 1. The van der Waals surface area contributed by atoms with E-state index in [0.717, 1.165) is 12.8 Å². The van der Waals surface area contributed by atoms with Crippen molar-refractivity contribution in [1.29, 1.82) is 0 Å². The van der Waals surface area contributed by atoms with E-state index in [0.29, 0.717) is 18.6 Å². The lowest BCUT2D eigenvalue weighted by atomic mass is 9.95. The van der Waals surface area contributed by atoms with Gasteiger partial charge in [0.25, 0.3) is 0 Å². The lowest BCUT2D eigenvalue weighted by Crippen LogP contribution is -2.34. The number of nitrogens with zero attached hydrogens (tertiary/aromatic N) is 2. The fourth-order valence-electron chi connectivity index (χ4n) is 2.17. The van der Waals surface area contributed by atoms with E-state index in [1.54, 1.807) is 0 Å². The zero-order chi connectivity index (χ0) is 12.8. The highest BCUT2D eigenvalue weighted by molar-refractivity contribution is 5.14. The summed E-state index contributed by atoms with van der Waals surface area (Å²) in [6.45, 7) is 2.89. The van der Waals surface area contributed by atoms with Crippen molar-refractivity contribution in [2.75, 3.05) is 6.61 Å². The van der Waals surface area contributed by atoms with Gasteiger partial charge in [0.1, 0.15) is 0 Å². The lowest BCUT2D eigenvalue weighted by molar-refractivity contribution is 0.0999. The molecule has 0 aromatic heterocycles. The summed E-state index contributed by atoms with van der Waals surface area (Å²) < 4.78 is 5.43. The molecule has 1 saturated heterocycles. The normalized spacial score (nSPS) is 25.6. The van der Waals surface area contributed by atoms with Crippen LogP contribution in [0.5, 0.6) is 0 Å². The van der Waals surface area contributed by atoms with Crippen LogP contribution < -0.4 is 11.2 Å². The molecule has 1 aromatic rings. The maximum absolute atomic E-state index is 5.43. The molecule has 0 bridgehead atoms. The van der Waals surface area contributed by atoms with Gasteiger partial charge in [0.15, 0.2) is 0 Å². The van der Waals surface area contributed by atoms with E-state index in [9.17, 15) is 0 Å². The molecule has 1 aliphatic heterocycles. The monoisotopic (exact) mass is 248 g/mol. The Morgan fingerprint density at radius 3 is 2.94 bits per heavy atom. The first-order chi connectivity index (χ1) is 8.79. The average molecular weight is 248 g/mol. The summed E-state index contributed by atoms with van der Waals surface area (Å²) in [7, 11) is 0. The van der Waals surface area contributed by atoms with Gasteiger partial charge in [-0.05, 0) is 24.3 Å². The molecular formula is C13H20N4O. The molecule has 1 fully saturated rings. The third kappa shape index (κ3) is 3.51. The van der Waals surface area contributed by atoms with Crippen molar-refractivity contribution < 1.29 is 4.74 Å². The number of benzene rings is 1. The van der Waals surface area contributed by atoms with Crippen molar-refractivity contribution in [1.82, 2.24) is 5.32 Å². The van der Waals surface area contributed by atoms with E-state index < -0.39 is 0 Å². The smallest absolute Gasteiger partial charge is 0.226 e. The summed E-state index contributed by atoms with van der Waals surface area (Å²) in [5.41, 5.74) is 1.38. The molecule has 0 spiro atoms. The highest BCUT2D eigenvalue weighted by atomic mass is 16.5. The number of hydrogen-bond donors (Lipinski definition) is 2. The van der Waals surface area contributed by atoms with Crippen LogP contribution in [0.1, 0.15) is 18.9 Å².